The van der Waals surface area contributed by atoms with E-state index < -0.39 is 23.7 Å². The van der Waals surface area contributed by atoms with Gasteiger partial charge in [-0.25, -0.2) is 8.78 Å². The average molecular weight is 270 g/mol. The Morgan fingerprint density at radius 3 is 2.63 bits per heavy atom. The highest BCUT2D eigenvalue weighted by Gasteiger charge is 2.61. The van der Waals surface area contributed by atoms with Gasteiger partial charge >= 0.3 is 5.97 Å². The zero-order valence-electron chi connectivity index (χ0n) is 10.7. The van der Waals surface area contributed by atoms with E-state index in [9.17, 15) is 13.6 Å². The first kappa shape index (κ1) is 13.9. The number of carbonyl (C=O) groups is 1. The van der Waals surface area contributed by atoms with E-state index in [4.69, 9.17) is 4.74 Å². The van der Waals surface area contributed by atoms with Crippen molar-refractivity contribution in [2.45, 2.75) is 18.8 Å². The standard InChI is InChI=1S/C14H16F2O3/c1-18-12(17)13(9-11-5-3-2-4-6-11)10-19-8-7-14(13,15)16/h2-6H,7-10H2,1H3. The summed E-state index contributed by atoms with van der Waals surface area (Å²) in [7, 11) is 1.12. The van der Waals surface area contributed by atoms with Crippen LogP contribution in [0.3, 0.4) is 0 Å². The Hall–Kier alpha value is -1.49. The summed E-state index contributed by atoms with van der Waals surface area (Å²) in [5, 5.41) is 0. The highest BCUT2D eigenvalue weighted by atomic mass is 19.3. The van der Waals surface area contributed by atoms with Gasteiger partial charge in [-0.2, -0.15) is 0 Å². The molecule has 0 amide bonds. The predicted octanol–water partition coefficient (Wildman–Crippen LogP) is 2.44. The number of benzene rings is 1. The monoisotopic (exact) mass is 270 g/mol. The van der Waals surface area contributed by atoms with E-state index in [2.05, 4.69) is 4.74 Å². The number of rotatable bonds is 3. The number of alkyl halides is 2. The maximum atomic E-state index is 14.3. The fourth-order valence-corrected chi connectivity index (χ4v) is 2.39. The van der Waals surface area contributed by atoms with Gasteiger partial charge < -0.3 is 9.47 Å². The number of methoxy groups -OCH3 is 1. The summed E-state index contributed by atoms with van der Waals surface area (Å²) in [4.78, 5) is 11.9. The molecule has 1 aliphatic heterocycles. The van der Waals surface area contributed by atoms with E-state index in [1.165, 1.54) is 0 Å². The van der Waals surface area contributed by atoms with Crippen molar-refractivity contribution >= 4 is 5.97 Å². The quantitative estimate of drug-likeness (QED) is 0.791. The average Bonchev–Trinajstić information content (AvgIpc) is 2.41. The minimum absolute atomic E-state index is 0.0411. The number of ether oxygens (including phenoxy) is 2. The van der Waals surface area contributed by atoms with Gasteiger partial charge in [0.2, 0.25) is 0 Å². The third kappa shape index (κ3) is 2.47. The van der Waals surface area contributed by atoms with Crippen molar-refractivity contribution in [3.05, 3.63) is 35.9 Å². The van der Waals surface area contributed by atoms with Crippen molar-refractivity contribution in [3.8, 4) is 0 Å². The van der Waals surface area contributed by atoms with Gasteiger partial charge in [0.15, 0.2) is 5.41 Å². The lowest BCUT2D eigenvalue weighted by Crippen LogP contribution is -2.56. The molecule has 19 heavy (non-hydrogen) atoms. The summed E-state index contributed by atoms with van der Waals surface area (Å²) in [6.07, 6.45) is -0.553. The SMILES string of the molecule is COC(=O)C1(Cc2ccccc2)COCCC1(F)F. The van der Waals surface area contributed by atoms with Crippen molar-refractivity contribution in [2.75, 3.05) is 20.3 Å². The zero-order valence-corrected chi connectivity index (χ0v) is 10.7. The van der Waals surface area contributed by atoms with Gasteiger partial charge in [0.05, 0.1) is 20.3 Å². The molecule has 5 heteroatoms. The number of hydrogen-bond donors (Lipinski definition) is 0. The lowest BCUT2D eigenvalue weighted by Gasteiger charge is -2.41. The van der Waals surface area contributed by atoms with Crippen LogP contribution in [-0.4, -0.2) is 32.2 Å². The van der Waals surface area contributed by atoms with E-state index in [1.54, 1.807) is 30.3 Å². The second kappa shape index (κ2) is 5.25. The number of carbonyl (C=O) groups excluding carboxylic acids is 1. The van der Waals surface area contributed by atoms with Crippen LogP contribution in [0.2, 0.25) is 0 Å². The van der Waals surface area contributed by atoms with Crippen molar-refractivity contribution in [3.63, 3.8) is 0 Å². The first-order chi connectivity index (χ1) is 9.02. The van der Waals surface area contributed by atoms with E-state index in [-0.39, 0.29) is 19.6 Å². The molecule has 1 saturated heterocycles. The number of halogens is 2. The normalized spacial score (nSPS) is 25.8. The van der Waals surface area contributed by atoms with Gasteiger partial charge in [-0.1, -0.05) is 30.3 Å². The van der Waals surface area contributed by atoms with E-state index in [0.29, 0.717) is 5.56 Å². The second-order valence-electron chi connectivity index (χ2n) is 4.74. The molecule has 1 aliphatic rings. The third-order valence-electron chi connectivity index (χ3n) is 3.53. The molecular formula is C14H16F2O3. The Bertz CT molecular complexity index is 447. The zero-order chi connectivity index (χ0) is 13.9. The highest BCUT2D eigenvalue weighted by Crippen LogP contribution is 2.46. The van der Waals surface area contributed by atoms with Gasteiger partial charge in [0.25, 0.3) is 5.92 Å². The van der Waals surface area contributed by atoms with Crippen molar-refractivity contribution in [1.82, 2.24) is 0 Å². The molecule has 0 saturated carbocycles. The molecule has 1 unspecified atom stereocenters. The molecule has 104 valence electrons. The molecule has 1 aromatic rings. The molecule has 1 atom stereocenters. The second-order valence-corrected chi connectivity index (χ2v) is 4.74. The van der Waals surface area contributed by atoms with Crippen molar-refractivity contribution in [2.24, 2.45) is 5.41 Å². The van der Waals surface area contributed by atoms with E-state index >= 15 is 0 Å². The maximum absolute atomic E-state index is 14.3. The van der Waals surface area contributed by atoms with E-state index in [0.717, 1.165) is 7.11 Å². The number of esters is 1. The fraction of sp³-hybridized carbons (Fsp3) is 0.500. The van der Waals surface area contributed by atoms with Crippen LogP contribution in [0, 0.1) is 5.41 Å². The van der Waals surface area contributed by atoms with Crippen molar-refractivity contribution < 1.29 is 23.0 Å². The summed E-state index contributed by atoms with van der Waals surface area (Å²) in [5.74, 6) is -4.05. The predicted molar refractivity (Wildman–Crippen MR) is 65.0 cm³/mol. The molecule has 0 aromatic heterocycles. The first-order valence-electron chi connectivity index (χ1n) is 6.10. The van der Waals surface area contributed by atoms with Gasteiger partial charge in [0, 0.05) is 6.42 Å². The minimum atomic E-state index is -3.13. The molecule has 0 radical (unpaired) electrons. The summed E-state index contributed by atoms with van der Waals surface area (Å²) in [6, 6.07) is 8.73. The van der Waals surface area contributed by atoms with Crippen LogP contribution in [0.5, 0.6) is 0 Å². The van der Waals surface area contributed by atoms with Crippen LogP contribution in [-0.2, 0) is 20.7 Å². The largest absolute Gasteiger partial charge is 0.468 e. The molecule has 1 aromatic carbocycles. The van der Waals surface area contributed by atoms with Crippen LogP contribution in [0.15, 0.2) is 30.3 Å². The molecule has 1 heterocycles. The Morgan fingerprint density at radius 2 is 2.05 bits per heavy atom. The van der Waals surface area contributed by atoms with Crippen LogP contribution < -0.4 is 0 Å². The molecule has 1 fully saturated rings. The van der Waals surface area contributed by atoms with Gasteiger partial charge in [-0.15, -0.1) is 0 Å². The molecular weight excluding hydrogens is 254 g/mol. The minimum Gasteiger partial charge on any atom is -0.468 e. The third-order valence-corrected chi connectivity index (χ3v) is 3.53. The topological polar surface area (TPSA) is 35.5 Å². The van der Waals surface area contributed by atoms with E-state index in [1.807, 2.05) is 0 Å². The molecule has 0 N–H and O–H groups in total. The lowest BCUT2D eigenvalue weighted by atomic mass is 9.74. The van der Waals surface area contributed by atoms with Gasteiger partial charge in [-0.05, 0) is 12.0 Å². The smallest absolute Gasteiger partial charge is 0.320 e. The van der Waals surface area contributed by atoms with Crippen molar-refractivity contribution in [1.29, 1.82) is 0 Å². The Kier molecular flexibility index (Phi) is 3.85. The Morgan fingerprint density at radius 1 is 1.37 bits per heavy atom. The first-order valence-corrected chi connectivity index (χ1v) is 6.10. The molecule has 0 spiro atoms. The Balaban J connectivity index is 2.37. The summed E-state index contributed by atoms with van der Waals surface area (Å²) in [6.45, 7) is -0.359. The van der Waals surface area contributed by atoms with Crippen LogP contribution in [0.4, 0.5) is 8.78 Å². The summed E-state index contributed by atoms with van der Waals surface area (Å²) in [5.41, 5.74) is -1.26. The van der Waals surface area contributed by atoms with Crippen LogP contribution in [0.1, 0.15) is 12.0 Å². The number of hydrogen-bond acceptors (Lipinski definition) is 3. The lowest BCUT2D eigenvalue weighted by molar-refractivity contribution is -0.217. The Labute approximate surface area is 110 Å². The molecule has 2 rings (SSSR count). The maximum Gasteiger partial charge on any atom is 0.320 e. The highest BCUT2D eigenvalue weighted by molar-refractivity contribution is 5.79. The fourth-order valence-electron chi connectivity index (χ4n) is 2.39. The summed E-state index contributed by atoms with van der Waals surface area (Å²) < 4.78 is 38.3. The molecule has 0 aliphatic carbocycles. The van der Waals surface area contributed by atoms with Gasteiger partial charge in [0.1, 0.15) is 0 Å². The summed E-state index contributed by atoms with van der Waals surface area (Å²) >= 11 is 0. The van der Waals surface area contributed by atoms with Crippen LogP contribution in [0.25, 0.3) is 0 Å². The molecule has 0 bridgehead atoms. The van der Waals surface area contributed by atoms with Crippen LogP contribution >= 0.6 is 0 Å². The molecule has 3 nitrogen and oxygen atoms in total. The van der Waals surface area contributed by atoms with Gasteiger partial charge in [-0.3, -0.25) is 4.79 Å².